The number of anilines is 1. The van der Waals surface area contributed by atoms with E-state index in [4.69, 9.17) is 10.2 Å². The summed E-state index contributed by atoms with van der Waals surface area (Å²) in [7, 11) is -3.89. The quantitative estimate of drug-likeness (QED) is 0.604. The van der Waals surface area contributed by atoms with Crippen LogP contribution < -0.4 is 16.2 Å². The summed E-state index contributed by atoms with van der Waals surface area (Å²) in [6.07, 6.45) is -0.0690. The van der Waals surface area contributed by atoms with Crippen LogP contribution in [0.4, 0.5) is 5.13 Å². The normalized spacial score (nSPS) is 11.7. The lowest BCUT2D eigenvalue weighted by molar-refractivity contribution is -0.117. The fraction of sp³-hybridized carbons (Fsp3) is 0.0833. The Morgan fingerprint density at radius 1 is 1.43 bits per heavy atom. The number of fused-ring (bicyclic) bond motifs is 1. The number of oxazole rings is 1. The first-order chi connectivity index (χ1) is 10.8. The fourth-order valence-corrected chi connectivity index (χ4v) is 3.87. The maximum atomic E-state index is 12.3. The van der Waals surface area contributed by atoms with Crippen molar-refractivity contribution in [3.05, 3.63) is 39.8 Å². The number of hydrogen-bond acceptors (Lipinski definition) is 7. The van der Waals surface area contributed by atoms with E-state index >= 15 is 0 Å². The first-order valence-corrected chi connectivity index (χ1v) is 8.58. The monoisotopic (exact) mass is 354 g/mol. The average molecular weight is 354 g/mol. The molecule has 0 aliphatic carbocycles. The highest BCUT2D eigenvalue weighted by atomic mass is 32.2. The van der Waals surface area contributed by atoms with Crippen molar-refractivity contribution in [3.8, 4) is 0 Å². The molecule has 1 aromatic carbocycles. The van der Waals surface area contributed by atoms with Gasteiger partial charge in [-0.3, -0.25) is 14.5 Å². The zero-order chi connectivity index (χ0) is 16.6. The number of benzene rings is 1. The van der Waals surface area contributed by atoms with E-state index < -0.39 is 21.7 Å². The molecule has 11 heteroatoms. The average Bonchev–Trinajstić information content (AvgIpc) is 3.01. The molecule has 0 fully saturated rings. The number of amides is 1. The Morgan fingerprint density at radius 3 is 2.96 bits per heavy atom. The Morgan fingerprint density at radius 2 is 2.22 bits per heavy atom. The summed E-state index contributed by atoms with van der Waals surface area (Å²) in [6, 6.07) is 3.96. The third kappa shape index (κ3) is 3.24. The van der Waals surface area contributed by atoms with E-state index in [9.17, 15) is 18.0 Å². The maximum Gasteiger partial charge on any atom is 0.417 e. The van der Waals surface area contributed by atoms with E-state index in [1.165, 1.54) is 18.2 Å². The van der Waals surface area contributed by atoms with E-state index in [0.29, 0.717) is 5.69 Å². The number of primary amides is 1. The van der Waals surface area contributed by atoms with Gasteiger partial charge in [0.1, 0.15) is 0 Å². The summed E-state index contributed by atoms with van der Waals surface area (Å²) in [4.78, 5) is 28.2. The molecule has 0 spiro atoms. The molecule has 0 aliphatic rings. The summed E-state index contributed by atoms with van der Waals surface area (Å²) >= 11 is 1.04. The van der Waals surface area contributed by atoms with Crippen molar-refractivity contribution in [1.29, 1.82) is 0 Å². The lowest BCUT2D eigenvalue weighted by Crippen LogP contribution is -2.15. The number of carbonyl (C=O) groups excluding carboxylic acids is 1. The Hall–Kier alpha value is -2.66. The SMILES string of the molecule is NC(=O)Cc1csc(NS(=O)(=O)c2ccc3oc(=O)[nH]c3c2)n1. The van der Waals surface area contributed by atoms with Gasteiger partial charge in [0.05, 0.1) is 22.5 Å². The Bertz CT molecular complexity index is 1050. The summed E-state index contributed by atoms with van der Waals surface area (Å²) in [5.41, 5.74) is 5.97. The van der Waals surface area contributed by atoms with Crippen LogP contribution in [0, 0.1) is 0 Å². The number of nitrogens with zero attached hydrogens (tertiary/aromatic N) is 1. The van der Waals surface area contributed by atoms with Gasteiger partial charge in [-0.05, 0) is 18.2 Å². The minimum absolute atomic E-state index is 0.0614. The molecule has 0 atom stereocenters. The van der Waals surface area contributed by atoms with Crippen LogP contribution in [0.1, 0.15) is 5.69 Å². The van der Waals surface area contributed by atoms with Gasteiger partial charge in [0.25, 0.3) is 10.0 Å². The fourth-order valence-electron chi connectivity index (χ4n) is 1.89. The van der Waals surface area contributed by atoms with Gasteiger partial charge in [0.2, 0.25) is 5.91 Å². The molecule has 9 nitrogen and oxygen atoms in total. The number of nitrogens with two attached hydrogens (primary N) is 1. The van der Waals surface area contributed by atoms with Gasteiger partial charge < -0.3 is 10.2 Å². The van der Waals surface area contributed by atoms with Gasteiger partial charge in [0.15, 0.2) is 10.7 Å². The van der Waals surface area contributed by atoms with Gasteiger partial charge in [0, 0.05) is 5.38 Å². The predicted octanol–water partition coefficient (Wildman–Crippen LogP) is 0.406. The van der Waals surface area contributed by atoms with Gasteiger partial charge in [-0.2, -0.15) is 0 Å². The van der Waals surface area contributed by atoms with E-state index in [1.807, 2.05) is 0 Å². The minimum Gasteiger partial charge on any atom is -0.408 e. The number of aromatic amines is 1. The molecule has 0 saturated heterocycles. The van der Waals surface area contributed by atoms with Crippen molar-refractivity contribution in [2.75, 3.05) is 4.72 Å². The molecule has 23 heavy (non-hydrogen) atoms. The van der Waals surface area contributed by atoms with Crippen LogP contribution in [-0.2, 0) is 21.2 Å². The zero-order valence-corrected chi connectivity index (χ0v) is 13.0. The number of H-pyrrole nitrogens is 1. The van der Waals surface area contributed by atoms with E-state index in [2.05, 4.69) is 14.7 Å². The standard InChI is InChI=1S/C12H10N4O5S2/c13-10(17)3-6-5-22-11(14-6)16-23(19,20)7-1-2-9-8(4-7)15-12(18)21-9/h1-2,4-5H,3H2,(H2,13,17)(H,14,16)(H,15,18). The highest BCUT2D eigenvalue weighted by molar-refractivity contribution is 7.93. The highest BCUT2D eigenvalue weighted by Gasteiger charge is 2.18. The largest absolute Gasteiger partial charge is 0.417 e. The third-order valence-electron chi connectivity index (χ3n) is 2.83. The number of aromatic nitrogens is 2. The van der Waals surface area contributed by atoms with Gasteiger partial charge in [-0.15, -0.1) is 11.3 Å². The molecule has 0 radical (unpaired) electrons. The molecule has 0 saturated carbocycles. The van der Waals surface area contributed by atoms with Crippen LogP contribution in [0.3, 0.4) is 0 Å². The molecule has 2 aromatic heterocycles. The topological polar surface area (TPSA) is 148 Å². The molecule has 1 amide bonds. The number of carbonyl (C=O) groups is 1. The molecule has 0 bridgehead atoms. The molecule has 4 N–H and O–H groups in total. The van der Waals surface area contributed by atoms with Crippen molar-refractivity contribution in [3.63, 3.8) is 0 Å². The van der Waals surface area contributed by atoms with Crippen molar-refractivity contribution in [2.45, 2.75) is 11.3 Å². The second-order valence-electron chi connectivity index (χ2n) is 4.57. The van der Waals surface area contributed by atoms with Crippen molar-refractivity contribution in [2.24, 2.45) is 5.73 Å². The van der Waals surface area contributed by atoms with Crippen LogP contribution in [0.15, 0.2) is 37.7 Å². The van der Waals surface area contributed by atoms with E-state index in [1.54, 1.807) is 5.38 Å². The predicted molar refractivity (Wildman–Crippen MR) is 82.7 cm³/mol. The number of thiazole rings is 1. The number of rotatable bonds is 5. The number of sulfonamides is 1. The molecule has 0 aliphatic heterocycles. The van der Waals surface area contributed by atoms with Crippen LogP contribution in [0.25, 0.3) is 11.1 Å². The third-order valence-corrected chi connectivity index (χ3v) is 5.10. The smallest absolute Gasteiger partial charge is 0.408 e. The van der Waals surface area contributed by atoms with Crippen LogP contribution in [-0.4, -0.2) is 24.3 Å². The Balaban J connectivity index is 1.89. The first kappa shape index (κ1) is 15.2. The molecule has 120 valence electrons. The van der Waals surface area contributed by atoms with Crippen molar-refractivity contribution < 1.29 is 17.6 Å². The number of hydrogen-bond donors (Lipinski definition) is 3. The van der Waals surface area contributed by atoms with Crippen molar-refractivity contribution >= 4 is 43.5 Å². The summed E-state index contributed by atoms with van der Waals surface area (Å²) in [5.74, 6) is -1.22. The molecule has 0 unspecified atom stereocenters. The lowest BCUT2D eigenvalue weighted by Gasteiger charge is -2.04. The minimum atomic E-state index is -3.89. The van der Waals surface area contributed by atoms with Crippen molar-refractivity contribution in [1.82, 2.24) is 9.97 Å². The van der Waals surface area contributed by atoms with Gasteiger partial charge in [-0.1, -0.05) is 0 Å². The van der Waals surface area contributed by atoms with Crippen LogP contribution in [0.5, 0.6) is 0 Å². The maximum absolute atomic E-state index is 12.3. The first-order valence-electron chi connectivity index (χ1n) is 6.22. The summed E-state index contributed by atoms with van der Waals surface area (Å²) in [5, 5.41) is 1.65. The zero-order valence-electron chi connectivity index (χ0n) is 11.4. The lowest BCUT2D eigenvalue weighted by atomic mass is 10.3. The van der Waals surface area contributed by atoms with Gasteiger partial charge >= 0.3 is 5.76 Å². The molecule has 3 rings (SSSR count). The Kier molecular flexibility index (Phi) is 3.66. The summed E-state index contributed by atoms with van der Waals surface area (Å²) < 4.78 is 31.8. The Labute approximate surface area is 133 Å². The second-order valence-corrected chi connectivity index (χ2v) is 7.11. The van der Waals surface area contributed by atoms with Crippen LogP contribution >= 0.6 is 11.3 Å². The highest BCUT2D eigenvalue weighted by Crippen LogP contribution is 2.22. The molecular formula is C12H10N4O5S2. The molecule has 3 aromatic rings. The molecular weight excluding hydrogens is 344 g/mol. The van der Waals surface area contributed by atoms with Gasteiger partial charge in [-0.25, -0.2) is 18.2 Å². The van der Waals surface area contributed by atoms with E-state index in [0.717, 1.165) is 11.3 Å². The molecule has 2 heterocycles. The van der Waals surface area contributed by atoms with Crippen LogP contribution in [0.2, 0.25) is 0 Å². The summed E-state index contributed by atoms with van der Waals surface area (Å²) in [6.45, 7) is 0. The second kappa shape index (κ2) is 5.52. The van der Waals surface area contributed by atoms with E-state index in [-0.39, 0.29) is 27.5 Å². The number of nitrogens with one attached hydrogen (secondary N) is 2.